The Morgan fingerprint density at radius 2 is 1.81 bits per heavy atom. The average Bonchev–Trinajstić information content (AvgIpc) is 3.33. The van der Waals surface area contributed by atoms with Crippen LogP contribution in [0.15, 0.2) is 41.9 Å². The number of aryl methyl sites for hydroxylation is 1. The second-order valence-electron chi connectivity index (χ2n) is 7.94. The van der Waals surface area contributed by atoms with Gasteiger partial charge < -0.3 is 19.9 Å². The lowest BCUT2D eigenvalue weighted by Gasteiger charge is -2.34. The van der Waals surface area contributed by atoms with Gasteiger partial charge in [-0.2, -0.15) is 0 Å². The number of methoxy groups -OCH3 is 1. The Bertz CT molecular complexity index is 755. The molecular weight excluding hydrogens is 390 g/mol. The van der Waals surface area contributed by atoms with E-state index in [0.717, 1.165) is 63.8 Å². The molecule has 1 aliphatic heterocycles. The summed E-state index contributed by atoms with van der Waals surface area (Å²) >= 11 is 0. The fourth-order valence-electron chi connectivity index (χ4n) is 3.97. The minimum Gasteiger partial charge on any atom is -0.497 e. The van der Waals surface area contributed by atoms with Gasteiger partial charge in [-0.3, -0.25) is 9.89 Å². The maximum absolute atomic E-state index is 5.34. The van der Waals surface area contributed by atoms with E-state index in [2.05, 4.69) is 56.9 Å². The lowest BCUT2D eigenvalue weighted by atomic mass is 10.0. The van der Waals surface area contributed by atoms with Crippen LogP contribution < -0.4 is 15.4 Å². The van der Waals surface area contributed by atoms with Crippen LogP contribution in [0.2, 0.25) is 0 Å². The summed E-state index contributed by atoms with van der Waals surface area (Å²) in [5.74, 6) is 1.79. The normalized spacial score (nSPS) is 16.1. The molecule has 1 aromatic heterocycles. The molecule has 31 heavy (non-hydrogen) atoms. The first-order chi connectivity index (χ1) is 15.3. The van der Waals surface area contributed by atoms with Crippen molar-refractivity contribution in [2.75, 3.05) is 39.8 Å². The highest BCUT2D eigenvalue weighted by Crippen LogP contribution is 2.26. The van der Waals surface area contributed by atoms with E-state index in [1.807, 2.05) is 4.57 Å². The zero-order valence-corrected chi connectivity index (χ0v) is 19.0. The zero-order valence-electron chi connectivity index (χ0n) is 19.0. The molecule has 1 saturated heterocycles. The fraction of sp³-hybridized carbons (Fsp3) is 0.609. The number of benzene rings is 1. The molecule has 3 rings (SSSR count). The van der Waals surface area contributed by atoms with Crippen LogP contribution in [-0.4, -0.2) is 65.5 Å². The molecule has 1 aromatic carbocycles. The monoisotopic (exact) mass is 427 g/mol. The first kappa shape index (κ1) is 23.1. The van der Waals surface area contributed by atoms with Crippen molar-refractivity contribution in [3.8, 4) is 5.75 Å². The average molecular weight is 428 g/mol. The molecule has 0 saturated carbocycles. The van der Waals surface area contributed by atoms with Crippen LogP contribution in [0, 0.1) is 0 Å². The molecule has 1 fully saturated rings. The van der Waals surface area contributed by atoms with Gasteiger partial charge in [0.15, 0.2) is 5.96 Å². The maximum Gasteiger partial charge on any atom is 0.191 e. The molecule has 8 nitrogen and oxygen atoms in total. The first-order valence-electron chi connectivity index (χ1n) is 11.5. The van der Waals surface area contributed by atoms with Crippen molar-refractivity contribution in [2.45, 2.75) is 51.6 Å². The summed E-state index contributed by atoms with van der Waals surface area (Å²) < 4.78 is 7.35. The van der Waals surface area contributed by atoms with Gasteiger partial charge >= 0.3 is 0 Å². The van der Waals surface area contributed by atoms with Crippen molar-refractivity contribution in [1.29, 1.82) is 0 Å². The number of rotatable bonds is 11. The van der Waals surface area contributed by atoms with E-state index in [-0.39, 0.29) is 6.04 Å². The standard InChI is InChI=1S/C23H37N7O/c1-3-24-23(25-13-5-8-14-29-18-27-28-19-29)26-17-22(30-15-6-4-7-16-30)20-9-11-21(31-2)12-10-20/h9-12,18-19,22H,3-8,13-17H2,1-2H3,(H2,24,25,26). The van der Waals surface area contributed by atoms with E-state index in [1.54, 1.807) is 19.8 Å². The molecule has 0 radical (unpaired) electrons. The number of nitrogens with zero attached hydrogens (tertiary/aromatic N) is 5. The quantitative estimate of drug-likeness (QED) is 0.326. The number of likely N-dealkylation sites (tertiary alicyclic amines) is 1. The summed E-state index contributed by atoms with van der Waals surface area (Å²) in [5, 5.41) is 14.6. The molecule has 170 valence electrons. The largest absolute Gasteiger partial charge is 0.497 e. The molecule has 0 amide bonds. The summed E-state index contributed by atoms with van der Waals surface area (Å²) in [7, 11) is 1.71. The Balaban J connectivity index is 1.57. The van der Waals surface area contributed by atoms with Gasteiger partial charge in [-0.25, -0.2) is 0 Å². The number of guanidine groups is 1. The van der Waals surface area contributed by atoms with Crippen molar-refractivity contribution in [3.63, 3.8) is 0 Å². The zero-order chi connectivity index (χ0) is 21.7. The Morgan fingerprint density at radius 3 is 2.48 bits per heavy atom. The highest BCUT2D eigenvalue weighted by atomic mass is 16.5. The van der Waals surface area contributed by atoms with Crippen molar-refractivity contribution in [2.24, 2.45) is 4.99 Å². The molecule has 8 heteroatoms. The van der Waals surface area contributed by atoms with Gasteiger partial charge in [0, 0.05) is 19.6 Å². The van der Waals surface area contributed by atoms with Crippen LogP contribution in [0.1, 0.15) is 50.6 Å². The Morgan fingerprint density at radius 1 is 1.06 bits per heavy atom. The lowest BCUT2D eigenvalue weighted by molar-refractivity contribution is 0.167. The number of nitrogens with one attached hydrogen (secondary N) is 2. The second kappa shape index (κ2) is 12.9. The summed E-state index contributed by atoms with van der Waals surface area (Å²) in [5.41, 5.74) is 1.30. The Kier molecular flexibility index (Phi) is 9.63. The van der Waals surface area contributed by atoms with Gasteiger partial charge in [0.2, 0.25) is 0 Å². The summed E-state index contributed by atoms with van der Waals surface area (Å²) in [4.78, 5) is 7.53. The number of piperidine rings is 1. The molecule has 0 bridgehead atoms. The molecule has 2 N–H and O–H groups in total. The third-order valence-electron chi connectivity index (χ3n) is 5.70. The predicted octanol–water partition coefficient (Wildman–Crippen LogP) is 2.85. The van der Waals surface area contributed by atoms with E-state index in [0.29, 0.717) is 0 Å². The van der Waals surface area contributed by atoms with Crippen LogP contribution in [0.5, 0.6) is 5.75 Å². The van der Waals surface area contributed by atoms with Gasteiger partial charge in [-0.1, -0.05) is 18.6 Å². The number of hydrogen-bond donors (Lipinski definition) is 2. The molecular formula is C23H37N7O. The van der Waals surface area contributed by atoms with Crippen molar-refractivity contribution < 1.29 is 4.74 Å². The van der Waals surface area contributed by atoms with Crippen molar-refractivity contribution in [1.82, 2.24) is 30.3 Å². The Hall–Kier alpha value is -2.61. The molecule has 1 atom stereocenters. The molecule has 1 aliphatic rings. The first-order valence-corrected chi connectivity index (χ1v) is 11.5. The molecule has 2 aromatic rings. The smallest absolute Gasteiger partial charge is 0.191 e. The van der Waals surface area contributed by atoms with Crippen molar-refractivity contribution in [3.05, 3.63) is 42.5 Å². The van der Waals surface area contributed by atoms with Gasteiger partial charge in [0.05, 0.1) is 19.7 Å². The lowest BCUT2D eigenvalue weighted by Crippen LogP contribution is -2.40. The minimum atomic E-state index is 0.287. The molecule has 1 unspecified atom stereocenters. The van der Waals surface area contributed by atoms with Crippen LogP contribution in [0.4, 0.5) is 0 Å². The van der Waals surface area contributed by atoms with E-state index in [1.165, 1.54) is 24.8 Å². The van der Waals surface area contributed by atoms with Gasteiger partial charge in [-0.15, -0.1) is 10.2 Å². The van der Waals surface area contributed by atoms with Gasteiger partial charge in [-0.05, 0) is 63.4 Å². The number of aromatic nitrogens is 3. The van der Waals surface area contributed by atoms with E-state index in [9.17, 15) is 0 Å². The second-order valence-corrected chi connectivity index (χ2v) is 7.94. The van der Waals surface area contributed by atoms with Crippen LogP contribution in [-0.2, 0) is 6.54 Å². The highest BCUT2D eigenvalue weighted by Gasteiger charge is 2.22. The molecule has 0 aliphatic carbocycles. The number of hydrogen-bond acceptors (Lipinski definition) is 5. The van der Waals surface area contributed by atoms with Crippen LogP contribution in [0.25, 0.3) is 0 Å². The Labute approximate surface area is 186 Å². The number of ether oxygens (including phenoxy) is 1. The highest BCUT2D eigenvalue weighted by molar-refractivity contribution is 5.79. The predicted molar refractivity (Wildman–Crippen MR) is 124 cm³/mol. The number of aliphatic imine (C=N–C) groups is 1. The summed E-state index contributed by atoms with van der Waals surface area (Å²) in [6.07, 6.45) is 9.53. The van der Waals surface area contributed by atoms with Gasteiger partial charge in [0.1, 0.15) is 18.4 Å². The number of unbranched alkanes of at least 4 members (excludes halogenated alkanes) is 1. The molecule has 0 spiro atoms. The van der Waals surface area contributed by atoms with Gasteiger partial charge in [0.25, 0.3) is 0 Å². The maximum atomic E-state index is 5.34. The molecule has 2 heterocycles. The van der Waals surface area contributed by atoms with E-state index < -0.39 is 0 Å². The van der Waals surface area contributed by atoms with E-state index in [4.69, 9.17) is 9.73 Å². The van der Waals surface area contributed by atoms with Crippen LogP contribution >= 0.6 is 0 Å². The van der Waals surface area contributed by atoms with E-state index >= 15 is 0 Å². The fourth-order valence-corrected chi connectivity index (χ4v) is 3.97. The van der Waals surface area contributed by atoms with Crippen molar-refractivity contribution >= 4 is 5.96 Å². The summed E-state index contributed by atoms with van der Waals surface area (Å²) in [6, 6.07) is 8.75. The third-order valence-corrected chi connectivity index (χ3v) is 5.70. The topological polar surface area (TPSA) is 79.6 Å². The third kappa shape index (κ3) is 7.54. The minimum absolute atomic E-state index is 0.287. The van der Waals surface area contributed by atoms with Crippen LogP contribution in [0.3, 0.4) is 0 Å². The summed E-state index contributed by atoms with van der Waals surface area (Å²) in [6.45, 7) is 7.81. The SMILES string of the molecule is CCNC(=NCC(c1ccc(OC)cc1)N1CCCCC1)NCCCCn1cnnc1.